The highest BCUT2D eigenvalue weighted by atomic mass is 19.1. The molecule has 2 heteroatoms. The molecule has 1 nitrogen and oxygen atoms in total. The first kappa shape index (κ1) is 12.4. The van der Waals surface area contributed by atoms with E-state index in [1.165, 1.54) is 19.3 Å². The Balaban J connectivity index is 2.06. The van der Waals surface area contributed by atoms with Crippen molar-refractivity contribution in [3.05, 3.63) is 29.6 Å². The van der Waals surface area contributed by atoms with Crippen molar-refractivity contribution in [1.29, 1.82) is 0 Å². The maximum atomic E-state index is 13.9. The Morgan fingerprint density at radius 3 is 2.65 bits per heavy atom. The topological polar surface area (TPSA) is 3.24 Å². The van der Waals surface area contributed by atoms with Gasteiger partial charge in [0.1, 0.15) is 5.82 Å². The SMILES string of the molecule is CCCN(CCC1CC1)c1ccc(C)cc1F. The third kappa shape index (κ3) is 3.45. The Morgan fingerprint density at radius 2 is 2.06 bits per heavy atom. The largest absolute Gasteiger partial charge is 0.369 e. The van der Waals surface area contributed by atoms with Gasteiger partial charge in [-0.05, 0) is 43.4 Å². The van der Waals surface area contributed by atoms with Crippen molar-refractivity contribution < 1.29 is 4.39 Å². The summed E-state index contributed by atoms with van der Waals surface area (Å²) >= 11 is 0. The van der Waals surface area contributed by atoms with E-state index in [0.717, 1.165) is 36.7 Å². The number of halogens is 1. The Morgan fingerprint density at radius 1 is 1.29 bits per heavy atom. The van der Waals surface area contributed by atoms with E-state index >= 15 is 0 Å². The molecule has 0 N–H and O–H groups in total. The van der Waals surface area contributed by atoms with Gasteiger partial charge in [0, 0.05) is 13.1 Å². The number of benzene rings is 1. The van der Waals surface area contributed by atoms with Gasteiger partial charge in [-0.2, -0.15) is 0 Å². The molecule has 0 saturated heterocycles. The molecule has 0 heterocycles. The standard InChI is InChI=1S/C15H22FN/c1-3-9-17(10-8-13-5-6-13)15-7-4-12(2)11-14(15)16/h4,7,11,13H,3,5-6,8-10H2,1-2H3. The molecule has 0 amide bonds. The molecule has 2 rings (SSSR count). The van der Waals surface area contributed by atoms with Crippen LogP contribution in [0, 0.1) is 18.7 Å². The van der Waals surface area contributed by atoms with E-state index in [2.05, 4.69) is 11.8 Å². The molecule has 0 aliphatic heterocycles. The normalized spacial score (nSPS) is 15.0. The second kappa shape index (κ2) is 5.52. The maximum Gasteiger partial charge on any atom is 0.146 e. The first-order valence-electron chi connectivity index (χ1n) is 6.71. The minimum Gasteiger partial charge on any atom is -0.369 e. The number of aryl methyl sites for hydroxylation is 1. The lowest BCUT2D eigenvalue weighted by atomic mass is 10.2. The molecule has 0 atom stereocenters. The van der Waals surface area contributed by atoms with Crippen LogP contribution in [0.3, 0.4) is 0 Å². The van der Waals surface area contributed by atoms with Crippen LogP contribution in [0.5, 0.6) is 0 Å². The molecule has 1 saturated carbocycles. The molecule has 0 radical (unpaired) electrons. The van der Waals surface area contributed by atoms with Gasteiger partial charge in [-0.3, -0.25) is 0 Å². The fourth-order valence-electron chi connectivity index (χ4n) is 2.24. The second-order valence-electron chi connectivity index (χ2n) is 5.17. The highest BCUT2D eigenvalue weighted by molar-refractivity contribution is 5.49. The maximum absolute atomic E-state index is 13.9. The zero-order valence-corrected chi connectivity index (χ0v) is 10.9. The summed E-state index contributed by atoms with van der Waals surface area (Å²) in [6.45, 7) is 6.03. The Hall–Kier alpha value is -1.05. The summed E-state index contributed by atoms with van der Waals surface area (Å²) in [4.78, 5) is 2.20. The van der Waals surface area contributed by atoms with Gasteiger partial charge in [-0.15, -0.1) is 0 Å². The van der Waals surface area contributed by atoms with Crippen LogP contribution in [0.4, 0.5) is 10.1 Å². The van der Waals surface area contributed by atoms with E-state index in [1.807, 2.05) is 19.1 Å². The van der Waals surface area contributed by atoms with Crippen molar-refractivity contribution in [2.75, 3.05) is 18.0 Å². The van der Waals surface area contributed by atoms with E-state index < -0.39 is 0 Å². The number of anilines is 1. The highest BCUT2D eigenvalue weighted by Crippen LogP contribution is 2.33. The second-order valence-corrected chi connectivity index (χ2v) is 5.17. The Kier molecular flexibility index (Phi) is 4.03. The predicted molar refractivity (Wildman–Crippen MR) is 71.0 cm³/mol. The summed E-state index contributed by atoms with van der Waals surface area (Å²) in [5, 5.41) is 0. The lowest BCUT2D eigenvalue weighted by Gasteiger charge is -2.25. The number of hydrogen-bond donors (Lipinski definition) is 0. The van der Waals surface area contributed by atoms with Crippen LogP contribution in [-0.4, -0.2) is 13.1 Å². The summed E-state index contributed by atoms with van der Waals surface area (Å²) in [6.07, 6.45) is 5.03. The van der Waals surface area contributed by atoms with Crippen LogP contribution in [0.2, 0.25) is 0 Å². The Labute approximate surface area is 104 Å². The molecule has 0 spiro atoms. The van der Waals surface area contributed by atoms with Gasteiger partial charge in [-0.25, -0.2) is 4.39 Å². The molecular formula is C15H22FN. The molecular weight excluding hydrogens is 213 g/mol. The molecule has 0 unspecified atom stereocenters. The van der Waals surface area contributed by atoms with Crippen molar-refractivity contribution in [3.8, 4) is 0 Å². The van der Waals surface area contributed by atoms with Crippen molar-refractivity contribution >= 4 is 5.69 Å². The van der Waals surface area contributed by atoms with E-state index in [1.54, 1.807) is 6.07 Å². The predicted octanol–water partition coefficient (Wildman–Crippen LogP) is 4.15. The third-order valence-corrected chi connectivity index (χ3v) is 3.44. The average molecular weight is 235 g/mol. The number of rotatable bonds is 6. The highest BCUT2D eigenvalue weighted by Gasteiger charge is 2.22. The molecule has 1 aliphatic rings. The molecule has 1 aromatic rings. The van der Waals surface area contributed by atoms with Gasteiger partial charge in [-0.1, -0.05) is 25.8 Å². The number of hydrogen-bond acceptors (Lipinski definition) is 1. The van der Waals surface area contributed by atoms with Gasteiger partial charge in [0.15, 0.2) is 0 Å². The van der Waals surface area contributed by atoms with Crippen LogP contribution in [-0.2, 0) is 0 Å². The van der Waals surface area contributed by atoms with Gasteiger partial charge >= 0.3 is 0 Å². The van der Waals surface area contributed by atoms with Gasteiger partial charge in [0.05, 0.1) is 5.69 Å². The van der Waals surface area contributed by atoms with Crippen molar-refractivity contribution in [1.82, 2.24) is 0 Å². The molecule has 0 bridgehead atoms. The molecule has 1 aliphatic carbocycles. The molecule has 0 aromatic heterocycles. The van der Waals surface area contributed by atoms with Gasteiger partial charge in [0.2, 0.25) is 0 Å². The fraction of sp³-hybridized carbons (Fsp3) is 0.600. The molecule has 1 aromatic carbocycles. The van der Waals surface area contributed by atoms with Crippen LogP contribution in [0.25, 0.3) is 0 Å². The zero-order chi connectivity index (χ0) is 12.3. The summed E-state index contributed by atoms with van der Waals surface area (Å²) in [6, 6.07) is 5.56. The summed E-state index contributed by atoms with van der Waals surface area (Å²) in [5.74, 6) is 0.831. The molecule has 17 heavy (non-hydrogen) atoms. The summed E-state index contributed by atoms with van der Waals surface area (Å²) < 4.78 is 13.9. The van der Waals surface area contributed by atoms with Crippen molar-refractivity contribution in [3.63, 3.8) is 0 Å². The number of nitrogens with zero attached hydrogens (tertiary/aromatic N) is 1. The molecule has 1 fully saturated rings. The van der Waals surface area contributed by atoms with Crippen LogP contribution in [0.1, 0.15) is 38.2 Å². The average Bonchev–Trinajstić information content (AvgIpc) is 3.09. The first-order valence-corrected chi connectivity index (χ1v) is 6.71. The van der Waals surface area contributed by atoms with Crippen molar-refractivity contribution in [2.24, 2.45) is 5.92 Å². The van der Waals surface area contributed by atoms with E-state index in [4.69, 9.17) is 0 Å². The lowest BCUT2D eigenvalue weighted by molar-refractivity contribution is 0.603. The fourth-order valence-corrected chi connectivity index (χ4v) is 2.24. The van der Waals surface area contributed by atoms with Crippen molar-refractivity contribution in [2.45, 2.75) is 39.5 Å². The molecule has 94 valence electrons. The minimum atomic E-state index is -0.0748. The third-order valence-electron chi connectivity index (χ3n) is 3.44. The zero-order valence-electron chi connectivity index (χ0n) is 10.9. The smallest absolute Gasteiger partial charge is 0.146 e. The summed E-state index contributed by atoms with van der Waals surface area (Å²) in [7, 11) is 0. The first-order chi connectivity index (χ1) is 8.20. The Bertz CT molecular complexity index is 371. The monoisotopic (exact) mass is 235 g/mol. The lowest BCUT2D eigenvalue weighted by Crippen LogP contribution is -2.26. The van der Waals surface area contributed by atoms with Gasteiger partial charge in [0.25, 0.3) is 0 Å². The van der Waals surface area contributed by atoms with E-state index in [0.29, 0.717) is 0 Å². The van der Waals surface area contributed by atoms with E-state index in [9.17, 15) is 4.39 Å². The van der Waals surface area contributed by atoms with Crippen LogP contribution < -0.4 is 4.90 Å². The van der Waals surface area contributed by atoms with Crippen LogP contribution in [0.15, 0.2) is 18.2 Å². The summed E-state index contributed by atoms with van der Waals surface area (Å²) in [5.41, 5.74) is 1.77. The van der Waals surface area contributed by atoms with Gasteiger partial charge < -0.3 is 4.90 Å². The van der Waals surface area contributed by atoms with Crippen LogP contribution >= 0.6 is 0 Å². The quantitative estimate of drug-likeness (QED) is 0.716. The van der Waals surface area contributed by atoms with E-state index in [-0.39, 0.29) is 5.82 Å². The minimum absolute atomic E-state index is 0.0748.